The zero-order valence-electron chi connectivity index (χ0n) is 19.8. The van der Waals surface area contributed by atoms with Crippen molar-refractivity contribution in [3.05, 3.63) is 28.8 Å². The fraction of sp³-hybridized carbons (Fsp3) is 0.769. The molecule has 1 aromatic carbocycles. The summed E-state index contributed by atoms with van der Waals surface area (Å²) in [4.78, 5) is 2.63. The molecule has 4 fully saturated rings. The van der Waals surface area contributed by atoms with Gasteiger partial charge in [0.2, 0.25) is 0 Å². The van der Waals surface area contributed by atoms with E-state index in [0.717, 1.165) is 50.8 Å². The first kappa shape index (κ1) is 22.1. The van der Waals surface area contributed by atoms with Crippen molar-refractivity contribution in [2.45, 2.75) is 94.5 Å². The zero-order valence-corrected chi connectivity index (χ0v) is 20.8. The number of fused-ring (bicyclic) bond motifs is 2. The van der Waals surface area contributed by atoms with Crippen molar-refractivity contribution in [3.8, 4) is 5.75 Å². The van der Waals surface area contributed by atoms with Crippen LogP contribution >= 0.6 is 13.5 Å². The van der Waals surface area contributed by atoms with Gasteiger partial charge in [0.15, 0.2) is 0 Å². The summed E-state index contributed by atoms with van der Waals surface area (Å²) in [6.45, 7) is 7.55. The van der Waals surface area contributed by atoms with Crippen LogP contribution in [0.5, 0.6) is 5.75 Å². The van der Waals surface area contributed by atoms with Crippen LogP contribution in [0.1, 0.15) is 69.1 Å². The Hall–Kier alpha value is -0.750. The SMILES string of the molecule is CCC[C@](C)(O)[C@H]1C[C@@]23CC[C@]1(OC)[C@@H]1Oc4cc(C)cc5c4[C@@]12CCN(C)[C@@H]3C5.S. The number of nitrogens with zero attached hydrogens (tertiary/aromatic N) is 1. The number of benzene rings is 1. The van der Waals surface area contributed by atoms with E-state index in [9.17, 15) is 5.11 Å². The van der Waals surface area contributed by atoms with E-state index < -0.39 is 11.2 Å². The highest BCUT2D eigenvalue weighted by Gasteiger charge is 2.81. The lowest BCUT2D eigenvalue weighted by atomic mass is 9.33. The van der Waals surface area contributed by atoms with Crippen LogP contribution in [0, 0.1) is 18.3 Å². The molecule has 0 unspecified atom stereocenters. The maximum atomic E-state index is 11.7. The number of likely N-dealkylation sites (N-methyl/N-ethyl adjacent to an activating group) is 1. The molecule has 1 saturated heterocycles. The molecule has 4 bridgehead atoms. The lowest BCUT2D eigenvalue weighted by Crippen LogP contribution is -2.82. The number of aryl methyl sites for hydroxylation is 1. The van der Waals surface area contributed by atoms with Crippen LogP contribution in [0.15, 0.2) is 12.1 Å². The Balaban J connectivity index is 0.00000204. The van der Waals surface area contributed by atoms with Crippen LogP contribution in [0.25, 0.3) is 0 Å². The van der Waals surface area contributed by atoms with Crippen LogP contribution in [0.4, 0.5) is 0 Å². The summed E-state index contributed by atoms with van der Waals surface area (Å²) in [5, 5.41) is 11.7. The van der Waals surface area contributed by atoms with E-state index in [1.165, 1.54) is 23.1 Å². The van der Waals surface area contributed by atoms with Gasteiger partial charge in [-0.3, -0.25) is 0 Å². The van der Waals surface area contributed by atoms with Gasteiger partial charge in [-0.25, -0.2) is 0 Å². The molecule has 3 saturated carbocycles. The number of aliphatic hydroxyl groups is 1. The van der Waals surface area contributed by atoms with E-state index >= 15 is 0 Å². The van der Waals surface area contributed by atoms with E-state index in [4.69, 9.17) is 9.47 Å². The van der Waals surface area contributed by atoms with Crippen LogP contribution < -0.4 is 4.74 Å². The maximum Gasteiger partial charge on any atom is 0.138 e. The molecule has 2 heterocycles. The number of hydrogen-bond donors (Lipinski definition) is 1. The molecule has 1 aromatic rings. The van der Waals surface area contributed by atoms with E-state index in [1.807, 2.05) is 7.11 Å². The first-order valence-corrected chi connectivity index (χ1v) is 12.0. The van der Waals surface area contributed by atoms with E-state index in [2.05, 4.69) is 44.9 Å². The molecule has 5 heteroatoms. The van der Waals surface area contributed by atoms with Gasteiger partial charge in [0.05, 0.1) is 5.60 Å². The van der Waals surface area contributed by atoms with Gasteiger partial charge >= 0.3 is 0 Å². The van der Waals surface area contributed by atoms with Crippen molar-refractivity contribution >= 4 is 13.5 Å². The Bertz CT molecular complexity index is 918. The van der Waals surface area contributed by atoms with Gasteiger partial charge in [-0.15, -0.1) is 0 Å². The summed E-state index contributed by atoms with van der Waals surface area (Å²) in [6, 6.07) is 5.20. The second kappa shape index (κ2) is 6.65. The molecule has 7 rings (SSSR count). The molecule has 2 aliphatic heterocycles. The van der Waals surface area contributed by atoms with Crippen molar-refractivity contribution in [3.63, 3.8) is 0 Å². The number of piperidine rings is 1. The number of methoxy groups -OCH3 is 1. The Kier molecular flexibility index (Phi) is 4.73. The minimum Gasteiger partial charge on any atom is -0.486 e. The highest BCUT2D eigenvalue weighted by atomic mass is 32.1. The van der Waals surface area contributed by atoms with Crippen molar-refractivity contribution in [2.24, 2.45) is 11.3 Å². The van der Waals surface area contributed by atoms with Gasteiger partial charge in [-0.05, 0) is 83.2 Å². The van der Waals surface area contributed by atoms with E-state index in [0.29, 0.717) is 6.04 Å². The van der Waals surface area contributed by atoms with Crippen molar-refractivity contribution < 1.29 is 14.6 Å². The van der Waals surface area contributed by atoms with Gasteiger partial charge < -0.3 is 19.5 Å². The highest BCUT2D eigenvalue weighted by Crippen LogP contribution is 2.76. The molecule has 172 valence electrons. The summed E-state index contributed by atoms with van der Waals surface area (Å²) in [6.07, 6.45) is 7.29. The molecule has 0 amide bonds. The van der Waals surface area contributed by atoms with Crippen molar-refractivity contribution in [1.82, 2.24) is 4.90 Å². The Morgan fingerprint density at radius 3 is 2.77 bits per heavy atom. The molecule has 6 aliphatic rings. The molecule has 1 N–H and O–H groups in total. The number of ether oxygens (including phenoxy) is 2. The van der Waals surface area contributed by atoms with Crippen molar-refractivity contribution in [2.75, 3.05) is 20.7 Å². The van der Waals surface area contributed by atoms with Gasteiger partial charge in [0.25, 0.3) is 0 Å². The third-order valence-corrected chi connectivity index (χ3v) is 10.2. The molecule has 0 aromatic heterocycles. The first-order chi connectivity index (χ1) is 14.3. The highest BCUT2D eigenvalue weighted by molar-refractivity contribution is 7.59. The first-order valence-electron chi connectivity index (χ1n) is 12.0. The third kappa shape index (κ3) is 2.30. The van der Waals surface area contributed by atoms with E-state index in [-0.39, 0.29) is 36.3 Å². The predicted molar refractivity (Wildman–Crippen MR) is 127 cm³/mol. The Morgan fingerprint density at radius 2 is 2.06 bits per heavy atom. The second-order valence-corrected chi connectivity index (χ2v) is 11.4. The van der Waals surface area contributed by atoms with Crippen LogP contribution in [0.2, 0.25) is 0 Å². The predicted octanol–water partition coefficient (Wildman–Crippen LogP) is 4.10. The molecular weight excluding hydrogens is 406 g/mol. The molecule has 0 radical (unpaired) electrons. The standard InChI is InChI=1S/C26H37NO3.H2S/c1-6-7-23(3,28)19-15-24-8-9-26(19,29-5)22-25(24)10-11-27(4)20(24)14-17-12-16(2)13-18(30-22)21(17)25;/h12-13,19-20,22,28H,6-11,14-15H2,1-5H3;1H2/t19-,20-,22-,23+,24-,25+,26-;/m1./s1. The van der Waals surface area contributed by atoms with Crippen molar-refractivity contribution in [1.29, 1.82) is 0 Å². The third-order valence-electron chi connectivity index (χ3n) is 10.2. The van der Waals surface area contributed by atoms with Crippen LogP contribution in [-0.2, 0) is 16.6 Å². The molecule has 31 heavy (non-hydrogen) atoms. The molecule has 2 spiro atoms. The summed E-state index contributed by atoms with van der Waals surface area (Å²) >= 11 is 0. The van der Waals surface area contributed by atoms with Gasteiger partial charge in [-0.2, -0.15) is 13.5 Å². The Labute approximate surface area is 194 Å². The fourth-order valence-electron chi connectivity index (χ4n) is 9.30. The molecule has 4 nitrogen and oxygen atoms in total. The summed E-state index contributed by atoms with van der Waals surface area (Å²) in [5.74, 6) is 1.22. The lowest BCUT2D eigenvalue weighted by molar-refractivity contribution is -0.301. The average molecular weight is 446 g/mol. The Morgan fingerprint density at radius 1 is 1.29 bits per heavy atom. The summed E-state index contributed by atoms with van der Waals surface area (Å²) < 4.78 is 13.5. The monoisotopic (exact) mass is 445 g/mol. The fourth-order valence-corrected chi connectivity index (χ4v) is 9.30. The second-order valence-electron chi connectivity index (χ2n) is 11.4. The lowest BCUT2D eigenvalue weighted by Gasteiger charge is -2.74. The average Bonchev–Trinajstić information content (AvgIpc) is 3.05. The van der Waals surface area contributed by atoms with Gasteiger partial charge in [0.1, 0.15) is 17.5 Å². The quantitative estimate of drug-likeness (QED) is 0.758. The van der Waals surface area contributed by atoms with Crippen LogP contribution in [-0.4, -0.2) is 54.1 Å². The molecule has 4 aliphatic carbocycles. The van der Waals surface area contributed by atoms with Crippen LogP contribution in [0.3, 0.4) is 0 Å². The maximum absolute atomic E-state index is 11.7. The molecular formula is C26H39NO3S. The van der Waals surface area contributed by atoms with E-state index in [1.54, 1.807) is 0 Å². The number of likely N-dealkylation sites (tertiary alicyclic amines) is 1. The summed E-state index contributed by atoms with van der Waals surface area (Å²) in [5.41, 5.74) is 3.37. The topological polar surface area (TPSA) is 41.9 Å². The smallest absolute Gasteiger partial charge is 0.138 e. The number of hydrogen-bond acceptors (Lipinski definition) is 4. The molecule has 7 atom stereocenters. The number of rotatable bonds is 4. The minimum absolute atomic E-state index is 0. The minimum atomic E-state index is -0.735. The zero-order chi connectivity index (χ0) is 21.1. The summed E-state index contributed by atoms with van der Waals surface area (Å²) in [7, 11) is 4.20. The largest absolute Gasteiger partial charge is 0.486 e. The van der Waals surface area contributed by atoms with Gasteiger partial charge in [0, 0.05) is 35.5 Å². The van der Waals surface area contributed by atoms with Gasteiger partial charge in [-0.1, -0.05) is 19.4 Å². The normalized spacial score (nSPS) is 43.6.